The van der Waals surface area contributed by atoms with Crippen LogP contribution in [-0.4, -0.2) is 57.2 Å². The van der Waals surface area contributed by atoms with Crippen LogP contribution in [0, 0.1) is 0 Å². The first-order valence-electron chi connectivity index (χ1n) is 14.1. The standard InChI is InChI=1S/C33H33N7O2/c1-38(24-8-6-9-24)21-7-12-29(41)39(2)25-15-17-26(18-16-25)40-33-30(32(34)35-22-36-33)31(37-40)23-13-19-28(20-14-23)42-27-10-4-3-5-11-27/h3-5,7,10-20,22,24H,6,8-9,21H2,1-2H3,(H2,34,35,36)/b12-7+. The highest BCUT2D eigenvalue weighted by Gasteiger charge is 2.21. The van der Waals surface area contributed by atoms with Gasteiger partial charge in [0.05, 0.1) is 11.1 Å². The van der Waals surface area contributed by atoms with E-state index in [1.807, 2.05) is 84.9 Å². The number of nitrogen functional groups attached to an aromatic ring is 1. The molecule has 212 valence electrons. The molecule has 1 aliphatic carbocycles. The lowest BCUT2D eigenvalue weighted by atomic mass is 9.92. The van der Waals surface area contributed by atoms with Crippen molar-refractivity contribution in [3.05, 3.63) is 97.3 Å². The van der Waals surface area contributed by atoms with Crippen molar-refractivity contribution in [2.24, 2.45) is 0 Å². The van der Waals surface area contributed by atoms with E-state index in [2.05, 4.69) is 21.9 Å². The van der Waals surface area contributed by atoms with Gasteiger partial charge in [-0.15, -0.1) is 0 Å². The maximum absolute atomic E-state index is 12.8. The Balaban J connectivity index is 1.22. The average molecular weight is 560 g/mol. The SMILES string of the molecule is CN(C(=O)/C=C/CN(C)C1CCC1)c1ccc(-n2nc(-c3ccc(Oc4ccccc4)cc3)c3c(N)ncnc32)cc1. The number of anilines is 2. The largest absolute Gasteiger partial charge is 0.457 e. The predicted molar refractivity (Wildman–Crippen MR) is 166 cm³/mol. The molecule has 6 rings (SSSR count). The predicted octanol–water partition coefficient (Wildman–Crippen LogP) is 5.86. The molecule has 0 spiro atoms. The van der Waals surface area contributed by atoms with E-state index in [0.29, 0.717) is 34.3 Å². The summed E-state index contributed by atoms with van der Waals surface area (Å²) in [5, 5.41) is 5.56. The summed E-state index contributed by atoms with van der Waals surface area (Å²) < 4.78 is 7.69. The summed E-state index contributed by atoms with van der Waals surface area (Å²) in [6.45, 7) is 0.770. The molecule has 1 fully saturated rings. The average Bonchev–Trinajstić information content (AvgIpc) is 3.38. The molecule has 1 amide bonds. The van der Waals surface area contributed by atoms with Gasteiger partial charge in [0, 0.05) is 37.0 Å². The molecular formula is C33H33N7O2. The molecule has 2 heterocycles. The Kier molecular flexibility index (Phi) is 7.66. The van der Waals surface area contributed by atoms with Gasteiger partial charge in [0.25, 0.3) is 0 Å². The van der Waals surface area contributed by atoms with Gasteiger partial charge in [0.2, 0.25) is 5.91 Å². The van der Waals surface area contributed by atoms with E-state index in [9.17, 15) is 4.79 Å². The number of benzene rings is 3. The van der Waals surface area contributed by atoms with Gasteiger partial charge >= 0.3 is 0 Å². The fourth-order valence-corrected chi connectivity index (χ4v) is 5.01. The van der Waals surface area contributed by atoms with Crippen LogP contribution < -0.4 is 15.4 Å². The van der Waals surface area contributed by atoms with Crippen LogP contribution >= 0.6 is 0 Å². The molecule has 0 saturated heterocycles. The molecule has 9 nitrogen and oxygen atoms in total. The van der Waals surface area contributed by atoms with Gasteiger partial charge in [-0.3, -0.25) is 9.69 Å². The highest BCUT2D eigenvalue weighted by molar-refractivity contribution is 6.01. The molecule has 1 saturated carbocycles. The number of rotatable bonds is 9. The smallest absolute Gasteiger partial charge is 0.250 e. The van der Waals surface area contributed by atoms with Crippen molar-refractivity contribution in [2.45, 2.75) is 25.3 Å². The minimum absolute atomic E-state index is 0.0724. The van der Waals surface area contributed by atoms with Crippen LogP contribution in [0.15, 0.2) is 97.3 Å². The number of nitrogens with two attached hydrogens (primary N) is 1. The van der Waals surface area contributed by atoms with Crippen LogP contribution in [0.4, 0.5) is 11.5 Å². The van der Waals surface area contributed by atoms with Gasteiger partial charge in [-0.25, -0.2) is 14.6 Å². The molecular weight excluding hydrogens is 526 g/mol. The molecule has 2 aromatic heterocycles. The highest BCUT2D eigenvalue weighted by Crippen LogP contribution is 2.33. The van der Waals surface area contributed by atoms with E-state index in [1.165, 1.54) is 25.6 Å². The van der Waals surface area contributed by atoms with Crippen LogP contribution in [0.5, 0.6) is 11.5 Å². The van der Waals surface area contributed by atoms with E-state index in [4.69, 9.17) is 15.6 Å². The van der Waals surface area contributed by atoms with E-state index in [-0.39, 0.29) is 5.91 Å². The van der Waals surface area contributed by atoms with Gasteiger partial charge < -0.3 is 15.4 Å². The first-order chi connectivity index (χ1) is 20.5. The quantitative estimate of drug-likeness (QED) is 0.226. The fourth-order valence-electron chi connectivity index (χ4n) is 5.01. The zero-order valence-electron chi connectivity index (χ0n) is 23.7. The molecule has 0 radical (unpaired) electrons. The van der Waals surface area contributed by atoms with Crippen molar-refractivity contribution in [1.82, 2.24) is 24.6 Å². The van der Waals surface area contributed by atoms with Crippen LogP contribution in [0.25, 0.3) is 28.0 Å². The van der Waals surface area contributed by atoms with Crippen molar-refractivity contribution in [1.29, 1.82) is 0 Å². The number of carbonyl (C=O) groups is 1. The van der Waals surface area contributed by atoms with E-state index in [1.54, 1.807) is 22.7 Å². The minimum Gasteiger partial charge on any atom is -0.457 e. The molecule has 0 bridgehead atoms. The van der Waals surface area contributed by atoms with Gasteiger partial charge in [-0.1, -0.05) is 30.7 Å². The lowest BCUT2D eigenvalue weighted by molar-refractivity contribution is -0.113. The van der Waals surface area contributed by atoms with Gasteiger partial charge in [-0.05, 0) is 80.6 Å². The monoisotopic (exact) mass is 559 g/mol. The number of nitrogens with zero attached hydrogens (tertiary/aromatic N) is 6. The molecule has 1 aliphatic rings. The number of likely N-dealkylation sites (N-methyl/N-ethyl adjacent to an activating group) is 2. The topological polar surface area (TPSA) is 102 Å². The minimum atomic E-state index is -0.0724. The van der Waals surface area contributed by atoms with Gasteiger partial charge in [-0.2, -0.15) is 5.10 Å². The summed E-state index contributed by atoms with van der Waals surface area (Å²) in [4.78, 5) is 25.4. The summed E-state index contributed by atoms with van der Waals surface area (Å²) in [5.41, 5.74) is 10.0. The molecule has 9 heteroatoms. The van der Waals surface area contributed by atoms with E-state index in [0.717, 1.165) is 29.2 Å². The molecule has 0 atom stereocenters. The van der Waals surface area contributed by atoms with Crippen molar-refractivity contribution < 1.29 is 9.53 Å². The number of hydrogen-bond acceptors (Lipinski definition) is 7. The summed E-state index contributed by atoms with van der Waals surface area (Å²) in [6, 6.07) is 25.6. The number of aromatic nitrogens is 4. The number of fused-ring (bicyclic) bond motifs is 1. The summed E-state index contributed by atoms with van der Waals surface area (Å²) in [7, 11) is 3.89. The van der Waals surface area contributed by atoms with E-state index < -0.39 is 0 Å². The maximum Gasteiger partial charge on any atom is 0.250 e. The summed E-state index contributed by atoms with van der Waals surface area (Å²) >= 11 is 0. The Labute approximate surface area is 244 Å². The highest BCUT2D eigenvalue weighted by atomic mass is 16.5. The third-order valence-corrected chi connectivity index (χ3v) is 7.76. The summed E-state index contributed by atoms with van der Waals surface area (Å²) in [5.74, 6) is 1.76. The molecule has 0 unspecified atom stereocenters. The Morgan fingerprint density at radius 2 is 1.69 bits per heavy atom. The lowest BCUT2D eigenvalue weighted by Crippen LogP contribution is -2.37. The van der Waals surface area contributed by atoms with Crippen molar-refractivity contribution in [2.75, 3.05) is 31.3 Å². The van der Waals surface area contributed by atoms with Gasteiger partial charge in [0.15, 0.2) is 5.65 Å². The van der Waals surface area contributed by atoms with Crippen LogP contribution in [0.2, 0.25) is 0 Å². The first-order valence-corrected chi connectivity index (χ1v) is 14.1. The lowest BCUT2D eigenvalue weighted by Gasteiger charge is -2.33. The number of hydrogen-bond donors (Lipinski definition) is 1. The number of carbonyl (C=O) groups excluding carboxylic acids is 1. The molecule has 5 aromatic rings. The Morgan fingerprint density at radius 3 is 2.38 bits per heavy atom. The Bertz CT molecular complexity index is 1710. The number of para-hydroxylation sites is 1. The maximum atomic E-state index is 12.8. The second-order valence-corrected chi connectivity index (χ2v) is 10.5. The molecule has 2 N–H and O–H groups in total. The van der Waals surface area contributed by atoms with Crippen LogP contribution in [-0.2, 0) is 4.79 Å². The Morgan fingerprint density at radius 1 is 0.976 bits per heavy atom. The number of ether oxygens (including phenoxy) is 1. The summed E-state index contributed by atoms with van der Waals surface area (Å²) in [6.07, 6.45) is 8.80. The zero-order chi connectivity index (χ0) is 29.1. The zero-order valence-corrected chi connectivity index (χ0v) is 23.7. The second kappa shape index (κ2) is 11.8. The van der Waals surface area contributed by atoms with Gasteiger partial charge in [0.1, 0.15) is 29.3 Å². The molecule has 3 aromatic carbocycles. The first kappa shape index (κ1) is 27.2. The van der Waals surface area contributed by atoms with Crippen molar-refractivity contribution >= 4 is 28.4 Å². The fraction of sp³-hybridized carbons (Fsp3) is 0.212. The normalized spacial score (nSPS) is 13.5. The van der Waals surface area contributed by atoms with Crippen LogP contribution in [0.1, 0.15) is 19.3 Å². The van der Waals surface area contributed by atoms with Crippen molar-refractivity contribution in [3.63, 3.8) is 0 Å². The second-order valence-electron chi connectivity index (χ2n) is 10.5. The van der Waals surface area contributed by atoms with Crippen molar-refractivity contribution in [3.8, 4) is 28.4 Å². The number of amides is 1. The third-order valence-electron chi connectivity index (χ3n) is 7.76. The molecule has 0 aliphatic heterocycles. The molecule has 42 heavy (non-hydrogen) atoms. The van der Waals surface area contributed by atoms with Crippen LogP contribution in [0.3, 0.4) is 0 Å². The Hall–Kier alpha value is -5.02. The third kappa shape index (κ3) is 5.59. The van der Waals surface area contributed by atoms with E-state index >= 15 is 0 Å².